The van der Waals surface area contributed by atoms with Gasteiger partial charge in [-0.3, -0.25) is 14.3 Å². The molecule has 0 aromatic carbocycles. The van der Waals surface area contributed by atoms with Gasteiger partial charge in [-0.15, -0.1) is 0 Å². The predicted octanol–water partition coefficient (Wildman–Crippen LogP) is 2.20. The van der Waals surface area contributed by atoms with Gasteiger partial charge in [-0.05, 0) is 38.2 Å². The van der Waals surface area contributed by atoms with E-state index < -0.39 is 0 Å². The first-order chi connectivity index (χ1) is 12.5. The average molecular weight is 357 g/mol. The summed E-state index contributed by atoms with van der Waals surface area (Å²) in [6, 6.07) is 3.50. The summed E-state index contributed by atoms with van der Waals surface area (Å²) >= 11 is 0. The van der Waals surface area contributed by atoms with Crippen molar-refractivity contribution < 1.29 is 4.79 Å². The summed E-state index contributed by atoms with van der Waals surface area (Å²) in [5, 5.41) is 4.58. The highest BCUT2D eigenvalue weighted by atomic mass is 16.2. The minimum atomic E-state index is -0.127. The van der Waals surface area contributed by atoms with Gasteiger partial charge in [0.25, 0.3) is 11.5 Å². The fraction of sp³-hybridized carbons (Fsp3) is 0.579. The smallest absolute Gasteiger partial charge is 0.272 e. The molecule has 0 bridgehead atoms. The number of rotatable bonds is 5. The molecule has 0 spiro atoms. The van der Waals surface area contributed by atoms with Crippen LogP contribution in [0.3, 0.4) is 0 Å². The maximum Gasteiger partial charge on any atom is 0.272 e. The lowest BCUT2D eigenvalue weighted by Crippen LogP contribution is -2.39. The Hall–Kier alpha value is -2.44. The first-order valence-electron chi connectivity index (χ1n) is 9.38. The molecule has 0 saturated carbocycles. The van der Waals surface area contributed by atoms with Gasteiger partial charge in [-0.2, -0.15) is 5.10 Å². The Morgan fingerprint density at radius 2 is 2.04 bits per heavy atom. The van der Waals surface area contributed by atoms with Crippen LogP contribution in [0.1, 0.15) is 61.4 Å². The molecule has 1 amide bonds. The van der Waals surface area contributed by atoms with Gasteiger partial charge in [-0.1, -0.05) is 13.8 Å². The van der Waals surface area contributed by atoms with E-state index in [-0.39, 0.29) is 17.4 Å². The van der Waals surface area contributed by atoms with E-state index in [9.17, 15) is 9.59 Å². The van der Waals surface area contributed by atoms with Gasteiger partial charge in [0.15, 0.2) is 0 Å². The van der Waals surface area contributed by atoms with Crippen LogP contribution < -0.4 is 5.56 Å². The summed E-state index contributed by atoms with van der Waals surface area (Å²) < 4.78 is 1.81. The molecule has 1 aliphatic heterocycles. The van der Waals surface area contributed by atoms with Crippen molar-refractivity contribution >= 4 is 5.91 Å². The van der Waals surface area contributed by atoms with Gasteiger partial charge in [0.2, 0.25) is 0 Å². The molecule has 7 heteroatoms. The number of H-pyrrole nitrogens is 1. The van der Waals surface area contributed by atoms with Crippen molar-refractivity contribution in [1.29, 1.82) is 0 Å². The molecule has 0 aliphatic carbocycles. The molecule has 140 valence electrons. The van der Waals surface area contributed by atoms with Crippen LogP contribution in [-0.4, -0.2) is 43.6 Å². The standard InChI is InChI=1S/C19H27N5O2/c1-4-24-17(10-15(22-24)9-13(2)3)19(26)23-7-5-14(6-8-23)16-11-18(25)21-12-20-16/h10-14H,4-9H2,1-3H3,(H,20,21,25). The number of carbonyl (C=O) groups is 1. The third-order valence-electron chi connectivity index (χ3n) is 4.87. The zero-order valence-corrected chi connectivity index (χ0v) is 15.7. The maximum atomic E-state index is 13.0. The topological polar surface area (TPSA) is 83.9 Å². The van der Waals surface area contributed by atoms with E-state index in [2.05, 4.69) is 28.9 Å². The number of hydrogen-bond donors (Lipinski definition) is 1. The van der Waals surface area contributed by atoms with Gasteiger partial charge in [0.05, 0.1) is 17.7 Å². The van der Waals surface area contributed by atoms with Crippen molar-refractivity contribution in [3.63, 3.8) is 0 Å². The Kier molecular flexibility index (Phi) is 5.54. The number of carbonyl (C=O) groups excluding carboxylic acids is 1. The maximum absolute atomic E-state index is 13.0. The van der Waals surface area contributed by atoms with Crippen molar-refractivity contribution in [1.82, 2.24) is 24.6 Å². The third-order valence-corrected chi connectivity index (χ3v) is 4.87. The molecule has 0 radical (unpaired) electrons. The average Bonchev–Trinajstić information content (AvgIpc) is 3.03. The number of aromatic amines is 1. The monoisotopic (exact) mass is 357 g/mol. The second-order valence-corrected chi connectivity index (χ2v) is 7.34. The van der Waals surface area contributed by atoms with Crippen molar-refractivity contribution in [2.45, 2.75) is 52.5 Å². The molecule has 2 aromatic heterocycles. The van der Waals surface area contributed by atoms with E-state index in [4.69, 9.17) is 0 Å². The fourth-order valence-electron chi connectivity index (χ4n) is 3.55. The van der Waals surface area contributed by atoms with E-state index >= 15 is 0 Å². The van der Waals surface area contributed by atoms with E-state index in [0.717, 1.165) is 30.7 Å². The van der Waals surface area contributed by atoms with Crippen LogP contribution in [0.2, 0.25) is 0 Å². The van der Waals surface area contributed by atoms with Crippen molar-refractivity contribution in [3.8, 4) is 0 Å². The Morgan fingerprint density at radius 3 is 2.65 bits per heavy atom. The summed E-state index contributed by atoms with van der Waals surface area (Å²) in [6.07, 6.45) is 3.97. The van der Waals surface area contributed by atoms with Crippen LogP contribution in [0.25, 0.3) is 0 Å². The second kappa shape index (κ2) is 7.85. The lowest BCUT2D eigenvalue weighted by Gasteiger charge is -2.31. The fourth-order valence-corrected chi connectivity index (χ4v) is 3.55. The molecule has 2 aromatic rings. The molecule has 0 unspecified atom stereocenters. The number of nitrogens with one attached hydrogen (secondary N) is 1. The first kappa shape index (κ1) is 18.4. The number of piperidine rings is 1. The number of aryl methyl sites for hydroxylation is 1. The van der Waals surface area contributed by atoms with Crippen molar-refractivity contribution in [2.24, 2.45) is 5.92 Å². The third kappa shape index (κ3) is 4.03. The van der Waals surface area contributed by atoms with Gasteiger partial charge >= 0.3 is 0 Å². The molecule has 1 fully saturated rings. The first-order valence-corrected chi connectivity index (χ1v) is 9.38. The Balaban J connectivity index is 1.68. The molecule has 3 rings (SSSR count). The van der Waals surface area contributed by atoms with Crippen LogP contribution in [0.5, 0.6) is 0 Å². The SMILES string of the molecule is CCn1nc(CC(C)C)cc1C(=O)N1CCC(c2cc(=O)[nH]cn2)CC1. The summed E-state index contributed by atoms with van der Waals surface area (Å²) in [5.41, 5.74) is 2.35. The van der Waals surface area contributed by atoms with Crippen LogP contribution in [0.15, 0.2) is 23.3 Å². The Labute approximate surface area is 153 Å². The van der Waals surface area contributed by atoms with Crippen LogP contribution in [0, 0.1) is 5.92 Å². The summed E-state index contributed by atoms with van der Waals surface area (Å²) in [4.78, 5) is 33.2. The highest BCUT2D eigenvalue weighted by Crippen LogP contribution is 2.26. The minimum Gasteiger partial charge on any atom is -0.337 e. The summed E-state index contributed by atoms with van der Waals surface area (Å²) in [6.45, 7) is 8.35. The zero-order valence-electron chi connectivity index (χ0n) is 15.7. The zero-order chi connectivity index (χ0) is 18.7. The molecule has 7 nitrogen and oxygen atoms in total. The van der Waals surface area contributed by atoms with Crippen LogP contribution in [0.4, 0.5) is 0 Å². The van der Waals surface area contributed by atoms with Crippen molar-refractivity contribution in [2.75, 3.05) is 13.1 Å². The summed E-state index contributed by atoms with van der Waals surface area (Å²) in [7, 11) is 0. The number of hydrogen-bond acceptors (Lipinski definition) is 4. The largest absolute Gasteiger partial charge is 0.337 e. The Bertz CT molecular complexity index is 815. The van der Waals surface area contributed by atoms with E-state index in [0.29, 0.717) is 31.2 Å². The number of nitrogens with zero attached hydrogens (tertiary/aromatic N) is 4. The molecule has 0 atom stereocenters. The predicted molar refractivity (Wildman–Crippen MR) is 99.2 cm³/mol. The normalized spacial score (nSPS) is 15.6. The lowest BCUT2D eigenvalue weighted by atomic mass is 9.93. The molecular weight excluding hydrogens is 330 g/mol. The van der Waals surface area contributed by atoms with Crippen LogP contribution in [-0.2, 0) is 13.0 Å². The van der Waals surface area contributed by atoms with Crippen LogP contribution >= 0.6 is 0 Å². The lowest BCUT2D eigenvalue weighted by molar-refractivity contribution is 0.0699. The molecular formula is C19H27N5O2. The van der Waals surface area contributed by atoms with Gasteiger partial charge < -0.3 is 9.88 Å². The molecule has 1 aliphatic rings. The Morgan fingerprint density at radius 1 is 1.31 bits per heavy atom. The molecule has 1 N–H and O–H groups in total. The van der Waals surface area contributed by atoms with E-state index in [1.165, 1.54) is 6.33 Å². The quantitative estimate of drug-likeness (QED) is 0.889. The molecule has 1 saturated heterocycles. The van der Waals surface area contributed by atoms with Gasteiger partial charge in [0, 0.05) is 31.6 Å². The summed E-state index contributed by atoms with van der Waals surface area (Å²) in [5.74, 6) is 0.788. The second-order valence-electron chi connectivity index (χ2n) is 7.34. The highest BCUT2D eigenvalue weighted by Gasteiger charge is 2.27. The molecule has 3 heterocycles. The number of amides is 1. The molecule has 26 heavy (non-hydrogen) atoms. The number of likely N-dealkylation sites (tertiary alicyclic amines) is 1. The van der Waals surface area contributed by atoms with E-state index in [1.807, 2.05) is 22.6 Å². The van der Waals surface area contributed by atoms with Gasteiger partial charge in [-0.25, -0.2) is 4.98 Å². The van der Waals surface area contributed by atoms with Crippen molar-refractivity contribution in [3.05, 3.63) is 45.9 Å². The van der Waals surface area contributed by atoms with E-state index in [1.54, 1.807) is 6.07 Å². The highest BCUT2D eigenvalue weighted by molar-refractivity contribution is 5.92. The minimum absolute atomic E-state index is 0.0478. The number of aromatic nitrogens is 4. The van der Waals surface area contributed by atoms with Gasteiger partial charge in [0.1, 0.15) is 5.69 Å².